The largest absolute Gasteiger partial charge is 0.441 e. The molecule has 76 valence electrons. The highest BCUT2D eigenvalue weighted by molar-refractivity contribution is 5.71. The molecule has 5 fully saturated rings. The van der Waals surface area contributed by atoms with Crippen LogP contribution in [-0.2, 0) is 4.74 Å². The molecule has 3 heteroatoms. The van der Waals surface area contributed by atoms with Gasteiger partial charge in [-0.3, -0.25) is 0 Å². The van der Waals surface area contributed by atoms with Crippen molar-refractivity contribution in [3.05, 3.63) is 0 Å². The lowest BCUT2D eigenvalue weighted by Gasteiger charge is -2.56. The lowest BCUT2D eigenvalue weighted by molar-refractivity contribution is -0.115. The van der Waals surface area contributed by atoms with Crippen molar-refractivity contribution in [2.75, 3.05) is 0 Å². The van der Waals surface area contributed by atoms with Gasteiger partial charge in [0.05, 0.1) is 6.04 Å². The molecule has 3 unspecified atom stereocenters. The fourth-order valence-electron chi connectivity index (χ4n) is 4.70. The number of hydrogen-bond acceptors (Lipinski definition) is 2. The van der Waals surface area contributed by atoms with E-state index in [0.29, 0.717) is 12.0 Å². The summed E-state index contributed by atoms with van der Waals surface area (Å²) in [4.78, 5) is 11.3. The summed E-state index contributed by atoms with van der Waals surface area (Å²) in [6, 6.07) is 0.350. The van der Waals surface area contributed by atoms with Gasteiger partial charge in [-0.1, -0.05) is 0 Å². The molecule has 5 aliphatic rings. The molecular weight excluding hydrogens is 178 g/mol. The number of hydrogen-bond donors (Lipinski definition) is 1. The van der Waals surface area contributed by atoms with Crippen LogP contribution in [0.5, 0.6) is 0 Å². The summed E-state index contributed by atoms with van der Waals surface area (Å²) in [5.74, 6) is 2.40. The Labute approximate surface area is 83.2 Å². The molecule has 0 radical (unpaired) electrons. The molecule has 4 aliphatic carbocycles. The Hall–Kier alpha value is -0.730. The van der Waals surface area contributed by atoms with Crippen molar-refractivity contribution in [3.63, 3.8) is 0 Å². The fourth-order valence-corrected chi connectivity index (χ4v) is 4.70. The van der Waals surface area contributed by atoms with Crippen molar-refractivity contribution in [1.29, 1.82) is 0 Å². The molecule has 1 aliphatic heterocycles. The van der Waals surface area contributed by atoms with Gasteiger partial charge in [-0.15, -0.1) is 0 Å². The molecular formula is C11H15NO2. The van der Waals surface area contributed by atoms with Crippen molar-refractivity contribution in [2.45, 2.75) is 43.7 Å². The van der Waals surface area contributed by atoms with E-state index in [2.05, 4.69) is 5.32 Å². The lowest BCUT2D eigenvalue weighted by atomic mass is 9.52. The van der Waals surface area contributed by atoms with Crippen molar-refractivity contribution in [2.24, 2.45) is 17.8 Å². The summed E-state index contributed by atoms with van der Waals surface area (Å²) in [6.45, 7) is 0. The van der Waals surface area contributed by atoms with Crippen LogP contribution in [0.25, 0.3) is 0 Å². The molecule has 1 spiro atoms. The van der Waals surface area contributed by atoms with Crippen LogP contribution < -0.4 is 5.32 Å². The Morgan fingerprint density at radius 3 is 2.64 bits per heavy atom. The minimum atomic E-state index is -0.164. The fraction of sp³-hybridized carbons (Fsp3) is 0.909. The molecule has 1 N–H and O–H groups in total. The van der Waals surface area contributed by atoms with E-state index >= 15 is 0 Å². The van der Waals surface area contributed by atoms with Crippen molar-refractivity contribution >= 4 is 6.09 Å². The Balaban J connectivity index is 1.80. The number of nitrogens with one attached hydrogen (secondary N) is 1. The molecule has 1 amide bonds. The third kappa shape index (κ3) is 0.733. The van der Waals surface area contributed by atoms with Crippen molar-refractivity contribution in [3.8, 4) is 0 Å². The third-order valence-electron chi connectivity index (χ3n) is 4.81. The Morgan fingerprint density at radius 1 is 1.21 bits per heavy atom. The highest BCUT2D eigenvalue weighted by atomic mass is 16.6. The van der Waals surface area contributed by atoms with E-state index in [1.54, 1.807) is 0 Å². The summed E-state index contributed by atoms with van der Waals surface area (Å²) in [7, 11) is 0. The van der Waals surface area contributed by atoms with Gasteiger partial charge in [0.25, 0.3) is 0 Å². The molecule has 1 heterocycles. The minimum absolute atomic E-state index is 0.0775. The molecule has 5 atom stereocenters. The first-order chi connectivity index (χ1) is 6.75. The second kappa shape index (κ2) is 2.10. The molecule has 4 saturated carbocycles. The number of rotatable bonds is 0. The van der Waals surface area contributed by atoms with Gasteiger partial charge in [-0.05, 0) is 49.9 Å². The molecule has 0 aromatic heterocycles. The van der Waals surface area contributed by atoms with Crippen LogP contribution in [0.1, 0.15) is 32.1 Å². The van der Waals surface area contributed by atoms with Crippen LogP contribution in [0.2, 0.25) is 0 Å². The molecule has 0 aromatic rings. The Morgan fingerprint density at radius 2 is 1.93 bits per heavy atom. The van der Waals surface area contributed by atoms with E-state index in [4.69, 9.17) is 4.74 Å². The summed E-state index contributed by atoms with van der Waals surface area (Å²) in [5.41, 5.74) is -0.0775. The molecule has 0 aromatic carbocycles. The monoisotopic (exact) mass is 193 g/mol. The van der Waals surface area contributed by atoms with Crippen LogP contribution in [0.3, 0.4) is 0 Å². The van der Waals surface area contributed by atoms with Gasteiger partial charge in [-0.2, -0.15) is 0 Å². The number of carbonyl (C=O) groups excluding carboxylic acids is 1. The van der Waals surface area contributed by atoms with Gasteiger partial charge in [0.1, 0.15) is 5.60 Å². The highest BCUT2D eigenvalue weighted by Gasteiger charge is 2.62. The zero-order valence-electron chi connectivity index (χ0n) is 8.16. The van der Waals surface area contributed by atoms with Gasteiger partial charge in [0.2, 0.25) is 0 Å². The van der Waals surface area contributed by atoms with Crippen LogP contribution in [0, 0.1) is 17.8 Å². The van der Waals surface area contributed by atoms with E-state index in [9.17, 15) is 4.79 Å². The SMILES string of the molecule is O=C1NC2C3C[C@@H]4C[C@H](C3)CC2(C4)O1. The Bertz CT molecular complexity index is 300. The maximum absolute atomic E-state index is 11.3. The van der Waals surface area contributed by atoms with E-state index in [-0.39, 0.29) is 11.7 Å². The van der Waals surface area contributed by atoms with Gasteiger partial charge in [-0.25, -0.2) is 4.79 Å². The molecule has 1 saturated heterocycles. The number of alkyl carbamates (subject to hydrolysis) is 1. The first-order valence-electron chi connectivity index (χ1n) is 5.75. The third-order valence-corrected chi connectivity index (χ3v) is 4.81. The second-order valence-electron chi connectivity index (χ2n) is 5.68. The lowest BCUT2D eigenvalue weighted by Crippen LogP contribution is -2.61. The van der Waals surface area contributed by atoms with Crippen LogP contribution >= 0.6 is 0 Å². The maximum atomic E-state index is 11.3. The summed E-state index contributed by atoms with van der Waals surface area (Å²) in [5, 5.41) is 3.03. The predicted octanol–water partition coefficient (Wildman–Crippen LogP) is 1.67. The highest BCUT2D eigenvalue weighted by Crippen LogP contribution is 2.58. The first-order valence-corrected chi connectivity index (χ1v) is 5.75. The van der Waals surface area contributed by atoms with Crippen LogP contribution in [0.4, 0.5) is 4.79 Å². The standard InChI is InChI=1S/C11H15NO2/c13-10-12-9-8-2-6-1-7(3-8)5-11(9,4-6)14-10/h6-9H,1-5H2,(H,12,13)/t6-,7+,8?,9?,11?. The molecule has 3 nitrogen and oxygen atoms in total. The van der Waals surface area contributed by atoms with Gasteiger partial charge >= 0.3 is 6.09 Å². The first kappa shape index (κ1) is 7.55. The smallest absolute Gasteiger partial charge is 0.408 e. The van der Waals surface area contributed by atoms with E-state index < -0.39 is 0 Å². The van der Waals surface area contributed by atoms with Crippen LogP contribution in [0.15, 0.2) is 0 Å². The normalized spacial score (nSPS) is 58.1. The average molecular weight is 193 g/mol. The number of ether oxygens (including phenoxy) is 1. The Kier molecular flexibility index (Phi) is 1.13. The quantitative estimate of drug-likeness (QED) is 0.635. The van der Waals surface area contributed by atoms with Crippen molar-refractivity contribution < 1.29 is 9.53 Å². The van der Waals surface area contributed by atoms with E-state index in [0.717, 1.165) is 24.7 Å². The zero-order chi connectivity index (χ0) is 9.34. The zero-order valence-corrected chi connectivity index (χ0v) is 8.16. The van der Waals surface area contributed by atoms with Gasteiger partial charge in [0.15, 0.2) is 0 Å². The summed E-state index contributed by atoms with van der Waals surface area (Å²) >= 11 is 0. The van der Waals surface area contributed by atoms with Gasteiger partial charge in [0, 0.05) is 0 Å². The molecule has 14 heavy (non-hydrogen) atoms. The van der Waals surface area contributed by atoms with E-state index in [1.165, 1.54) is 19.3 Å². The minimum Gasteiger partial charge on any atom is -0.441 e. The topological polar surface area (TPSA) is 38.3 Å². The summed E-state index contributed by atoms with van der Waals surface area (Å²) in [6.07, 6.45) is 6.14. The summed E-state index contributed by atoms with van der Waals surface area (Å²) < 4.78 is 5.57. The number of carbonyl (C=O) groups is 1. The van der Waals surface area contributed by atoms with Crippen molar-refractivity contribution in [1.82, 2.24) is 5.32 Å². The second-order valence-corrected chi connectivity index (χ2v) is 5.68. The van der Waals surface area contributed by atoms with Crippen LogP contribution in [-0.4, -0.2) is 17.7 Å². The number of amides is 1. The maximum Gasteiger partial charge on any atom is 0.408 e. The van der Waals surface area contributed by atoms with Gasteiger partial charge < -0.3 is 10.1 Å². The predicted molar refractivity (Wildman–Crippen MR) is 49.7 cm³/mol. The van der Waals surface area contributed by atoms with E-state index in [1.807, 2.05) is 0 Å². The molecule has 4 bridgehead atoms. The average Bonchev–Trinajstić information content (AvgIpc) is 2.40. The molecule has 5 rings (SSSR count).